The standard InChI is InChI=1S/C16H39NO5Si4/c1-12-15(14-17-16(18)19-13-2)26(20-23(3,4)5,21-24(6,7)8)22-25(9,10)11/h13,15H,2,12,14H2,1,3-11H3,(H,17,18). The number of hydrogen-bond acceptors (Lipinski definition) is 5. The van der Waals surface area contributed by atoms with E-state index in [1.807, 2.05) is 0 Å². The van der Waals surface area contributed by atoms with Crippen molar-refractivity contribution in [3.05, 3.63) is 12.8 Å². The van der Waals surface area contributed by atoms with E-state index in [1.165, 1.54) is 0 Å². The first-order valence-corrected chi connectivity index (χ1v) is 21.2. The van der Waals surface area contributed by atoms with Crippen molar-refractivity contribution < 1.29 is 21.9 Å². The summed E-state index contributed by atoms with van der Waals surface area (Å²) in [5.74, 6) is 0. The Labute approximate surface area is 164 Å². The molecule has 0 saturated heterocycles. The van der Waals surface area contributed by atoms with Gasteiger partial charge in [0.05, 0.1) is 6.26 Å². The largest absolute Gasteiger partial charge is 0.474 e. The molecule has 1 atom stereocenters. The van der Waals surface area contributed by atoms with Gasteiger partial charge in [-0.3, -0.25) is 0 Å². The van der Waals surface area contributed by atoms with E-state index in [9.17, 15) is 4.79 Å². The minimum atomic E-state index is -3.03. The van der Waals surface area contributed by atoms with Crippen molar-refractivity contribution in [1.29, 1.82) is 0 Å². The number of ether oxygens (including phenoxy) is 1. The molecule has 1 amide bonds. The van der Waals surface area contributed by atoms with Crippen LogP contribution in [-0.2, 0) is 17.1 Å². The van der Waals surface area contributed by atoms with Gasteiger partial charge in [-0.25, -0.2) is 4.79 Å². The average molecular weight is 438 g/mol. The first kappa shape index (κ1) is 25.8. The molecule has 0 rings (SSSR count). The number of carbonyl (C=O) groups is 1. The van der Waals surface area contributed by atoms with Crippen LogP contribution in [0.5, 0.6) is 0 Å². The predicted molar refractivity (Wildman–Crippen MR) is 118 cm³/mol. The second kappa shape index (κ2) is 9.80. The summed E-state index contributed by atoms with van der Waals surface area (Å²) in [6.45, 7) is 25.3. The Morgan fingerprint density at radius 3 is 1.58 bits per heavy atom. The SMILES string of the molecule is C=COC(=O)NCC(CC)[Si](O[Si](C)(C)C)(O[Si](C)(C)C)O[Si](C)(C)C. The average Bonchev–Trinajstić information content (AvgIpc) is 2.32. The summed E-state index contributed by atoms with van der Waals surface area (Å²) in [5, 5.41) is 2.81. The highest BCUT2D eigenvalue weighted by molar-refractivity contribution is 6.90. The van der Waals surface area contributed by atoms with Crippen LogP contribution in [0.3, 0.4) is 0 Å². The molecule has 0 aliphatic heterocycles. The molecule has 0 fully saturated rings. The number of alkyl carbamates (subject to hydrolysis) is 1. The molecule has 0 aromatic carbocycles. The smallest absolute Gasteiger partial charge is 0.419 e. The van der Waals surface area contributed by atoms with E-state index in [2.05, 4.69) is 77.7 Å². The maximum absolute atomic E-state index is 11.8. The summed E-state index contributed by atoms with van der Waals surface area (Å²) < 4.78 is 24.9. The van der Waals surface area contributed by atoms with Gasteiger partial charge in [0.15, 0.2) is 25.0 Å². The molecule has 1 N–H and O–H groups in total. The van der Waals surface area contributed by atoms with Gasteiger partial charge in [0.25, 0.3) is 0 Å². The van der Waals surface area contributed by atoms with Crippen molar-refractivity contribution in [2.45, 2.75) is 77.8 Å². The first-order chi connectivity index (χ1) is 11.5. The number of amides is 1. The Morgan fingerprint density at radius 1 is 0.923 bits per heavy atom. The van der Waals surface area contributed by atoms with Crippen LogP contribution in [0.4, 0.5) is 4.79 Å². The summed E-state index contributed by atoms with van der Waals surface area (Å²) in [4.78, 5) is 11.8. The second-order valence-corrected chi connectivity index (χ2v) is 26.5. The van der Waals surface area contributed by atoms with Crippen LogP contribution in [0.15, 0.2) is 12.8 Å². The van der Waals surface area contributed by atoms with Crippen LogP contribution in [0.2, 0.25) is 64.5 Å². The molecule has 6 nitrogen and oxygen atoms in total. The quantitative estimate of drug-likeness (QED) is 0.358. The minimum Gasteiger partial charge on any atom is -0.419 e. The first-order valence-electron chi connectivity index (χ1n) is 9.19. The predicted octanol–water partition coefficient (Wildman–Crippen LogP) is 5.13. The number of hydrogen-bond donors (Lipinski definition) is 1. The molecule has 0 aromatic rings. The molecule has 0 aromatic heterocycles. The molecule has 26 heavy (non-hydrogen) atoms. The van der Waals surface area contributed by atoms with Crippen molar-refractivity contribution in [2.75, 3.05) is 6.54 Å². The third kappa shape index (κ3) is 10.8. The fourth-order valence-electron chi connectivity index (χ4n) is 2.44. The van der Waals surface area contributed by atoms with Crippen molar-refractivity contribution in [1.82, 2.24) is 5.32 Å². The Morgan fingerprint density at radius 2 is 1.31 bits per heavy atom. The number of rotatable bonds is 11. The van der Waals surface area contributed by atoms with Crippen LogP contribution < -0.4 is 5.32 Å². The summed E-state index contributed by atoms with van der Waals surface area (Å²) in [7, 11) is -8.87. The third-order valence-electron chi connectivity index (χ3n) is 3.02. The Balaban J connectivity index is 5.90. The van der Waals surface area contributed by atoms with Crippen LogP contribution in [0, 0.1) is 0 Å². The van der Waals surface area contributed by atoms with E-state index in [0.29, 0.717) is 6.54 Å². The van der Waals surface area contributed by atoms with Crippen LogP contribution in [0.1, 0.15) is 13.3 Å². The monoisotopic (exact) mass is 437 g/mol. The van der Waals surface area contributed by atoms with Crippen molar-refractivity contribution in [2.24, 2.45) is 0 Å². The van der Waals surface area contributed by atoms with Crippen LogP contribution in [-0.4, -0.2) is 46.4 Å². The van der Waals surface area contributed by atoms with E-state index >= 15 is 0 Å². The topological polar surface area (TPSA) is 66.0 Å². The van der Waals surface area contributed by atoms with Gasteiger partial charge in [0.2, 0.25) is 0 Å². The Bertz CT molecular complexity index is 428. The minimum absolute atomic E-state index is 0.0231. The van der Waals surface area contributed by atoms with E-state index < -0.39 is 39.8 Å². The maximum atomic E-state index is 11.8. The molecule has 1 unspecified atom stereocenters. The van der Waals surface area contributed by atoms with Gasteiger partial charge in [0, 0.05) is 12.1 Å². The van der Waals surface area contributed by atoms with E-state index in [0.717, 1.165) is 12.7 Å². The van der Waals surface area contributed by atoms with Gasteiger partial charge < -0.3 is 22.4 Å². The molecule has 0 radical (unpaired) electrons. The van der Waals surface area contributed by atoms with E-state index in [4.69, 9.17) is 17.1 Å². The second-order valence-electron chi connectivity index (χ2n) is 9.30. The lowest BCUT2D eigenvalue weighted by atomic mass is 10.3. The lowest BCUT2D eigenvalue weighted by Crippen LogP contribution is -2.64. The molecular formula is C16H39NO5Si4. The molecule has 0 aliphatic rings. The normalized spacial score (nSPS) is 14.7. The zero-order valence-electron chi connectivity index (χ0n) is 18.3. The lowest BCUT2D eigenvalue weighted by Gasteiger charge is -2.46. The number of nitrogens with one attached hydrogen (secondary N) is 1. The fourth-order valence-corrected chi connectivity index (χ4v) is 17.2. The third-order valence-corrected chi connectivity index (χ3v) is 15.4. The lowest BCUT2D eigenvalue weighted by molar-refractivity contribution is 0.183. The summed E-state index contributed by atoms with van der Waals surface area (Å²) in [6.07, 6.45) is 1.40. The van der Waals surface area contributed by atoms with Crippen molar-refractivity contribution in [3.63, 3.8) is 0 Å². The molecule has 0 heterocycles. The highest BCUT2D eigenvalue weighted by Crippen LogP contribution is 2.36. The van der Waals surface area contributed by atoms with E-state index in [-0.39, 0.29) is 5.54 Å². The van der Waals surface area contributed by atoms with Crippen molar-refractivity contribution >= 4 is 39.8 Å². The van der Waals surface area contributed by atoms with Gasteiger partial charge in [-0.15, -0.1) is 0 Å². The fraction of sp³-hybridized carbons (Fsp3) is 0.812. The molecule has 0 bridgehead atoms. The van der Waals surface area contributed by atoms with Crippen LogP contribution in [0.25, 0.3) is 0 Å². The Hall–Kier alpha value is -0.242. The molecule has 10 heteroatoms. The highest BCUT2D eigenvalue weighted by atomic mass is 28.5. The zero-order valence-corrected chi connectivity index (χ0v) is 22.3. The Kier molecular flexibility index (Phi) is 9.71. The van der Waals surface area contributed by atoms with Gasteiger partial charge in [-0.1, -0.05) is 13.5 Å². The molecular weight excluding hydrogens is 399 g/mol. The van der Waals surface area contributed by atoms with Gasteiger partial charge in [-0.05, 0) is 65.3 Å². The molecule has 0 saturated carbocycles. The molecule has 0 aliphatic carbocycles. The van der Waals surface area contributed by atoms with E-state index in [1.54, 1.807) is 0 Å². The van der Waals surface area contributed by atoms with Crippen LogP contribution >= 0.6 is 0 Å². The van der Waals surface area contributed by atoms with Gasteiger partial charge in [0.1, 0.15) is 0 Å². The summed E-state index contributed by atoms with van der Waals surface area (Å²) in [6, 6.07) is 0. The van der Waals surface area contributed by atoms with Gasteiger partial charge >= 0.3 is 14.9 Å². The molecule has 154 valence electrons. The van der Waals surface area contributed by atoms with Gasteiger partial charge in [-0.2, -0.15) is 0 Å². The van der Waals surface area contributed by atoms with Crippen molar-refractivity contribution in [3.8, 4) is 0 Å². The maximum Gasteiger partial charge on any atom is 0.474 e. The number of carbonyl (C=O) groups excluding carboxylic acids is 1. The summed E-state index contributed by atoms with van der Waals surface area (Å²) in [5.41, 5.74) is -0.0231. The highest BCUT2D eigenvalue weighted by Gasteiger charge is 2.55. The molecule has 0 spiro atoms. The summed E-state index contributed by atoms with van der Waals surface area (Å²) >= 11 is 0. The zero-order chi connectivity index (χ0) is 20.8.